The highest BCUT2D eigenvalue weighted by atomic mass is 16.5. The molecule has 5 heteroatoms. The van der Waals surface area contributed by atoms with Crippen molar-refractivity contribution in [1.29, 1.82) is 0 Å². The van der Waals surface area contributed by atoms with Crippen LogP contribution < -0.4 is 5.32 Å². The van der Waals surface area contributed by atoms with Gasteiger partial charge in [-0.2, -0.15) is 0 Å². The molecule has 0 aliphatic carbocycles. The number of hydrogen-bond acceptors (Lipinski definition) is 5. The SMILES string of the molecule is c1nnc(-c2ccc(NCC3CCOC3)cc2)o1. The van der Waals surface area contributed by atoms with Gasteiger partial charge < -0.3 is 14.5 Å². The lowest BCUT2D eigenvalue weighted by atomic mass is 10.1. The molecule has 1 aromatic heterocycles. The lowest BCUT2D eigenvalue weighted by Crippen LogP contribution is -2.13. The largest absolute Gasteiger partial charge is 0.423 e. The van der Waals surface area contributed by atoms with Crippen LogP contribution in [-0.2, 0) is 4.74 Å². The molecule has 3 rings (SSSR count). The van der Waals surface area contributed by atoms with E-state index in [-0.39, 0.29) is 0 Å². The van der Waals surface area contributed by atoms with Gasteiger partial charge in [0.15, 0.2) is 0 Å². The van der Waals surface area contributed by atoms with Gasteiger partial charge in [-0.25, -0.2) is 0 Å². The summed E-state index contributed by atoms with van der Waals surface area (Å²) in [5, 5.41) is 10.9. The van der Waals surface area contributed by atoms with Gasteiger partial charge >= 0.3 is 0 Å². The summed E-state index contributed by atoms with van der Waals surface area (Å²) in [6.45, 7) is 2.72. The van der Waals surface area contributed by atoms with Crippen LogP contribution in [0.2, 0.25) is 0 Å². The van der Waals surface area contributed by atoms with Crippen LogP contribution in [0.25, 0.3) is 11.5 Å². The van der Waals surface area contributed by atoms with Gasteiger partial charge in [-0.3, -0.25) is 0 Å². The molecule has 0 amide bonds. The van der Waals surface area contributed by atoms with E-state index < -0.39 is 0 Å². The highest BCUT2D eigenvalue weighted by Gasteiger charge is 2.14. The van der Waals surface area contributed by atoms with Crippen LogP contribution in [0.1, 0.15) is 6.42 Å². The monoisotopic (exact) mass is 245 g/mol. The first-order valence-electron chi connectivity index (χ1n) is 6.10. The summed E-state index contributed by atoms with van der Waals surface area (Å²) in [5.74, 6) is 1.17. The van der Waals surface area contributed by atoms with E-state index in [9.17, 15) is 0 Å². The second-order valence-corrected chi connectivity index (χ2v) is 4.43. The summed E-state index contributed by atoms with van der Waals surface area (Å²) in [4.78, 5) is 0. The Labute approximate surface area is 105 Å². The van der Waals surface area contributed by atoms with Crippen molar-refractivity contribution < 1.29 is 9.15 Å². The zero-order valence-corrected chi connectivity index (χ0v) is 10.0. The van der Waals surface area contributed by atoms with Crippen LogP contribution >= 0.6 is 0 Å². The van der Waals surface area contributed by atoms with E-state index in [1.54, 1.807) is 0 Å². The first kappa shape index (κ1) is 11.2. The number of hydrogen-bond donors (Lipinski definition) is 1. The van der Waals surface area contributed by atoms with E-state index in [2.05, 4.69) is 15.5 Å². The fourth-order valence-electron chi connectivity index (χ4n) is 2.04. The Kier molecular flexibility index (Phi) is 3.23. The molecule has 5 nitrogen and oxygen atoms in total. The number of anilines is 1. The van der Waals surface area contributed by atoms with Crippen molar-refractivity contribution in [3.05, 3.63) is 30.7 Å². The molecule has 1 atom stereocenters. The van der Waals surface area contributed by atoms with Gasteiger partial charge in [0.25, 0.3) is 0 Å². The zero-order valence-electron chi connectivity index (χ0n) is 10.0. The van der Waals surface area contributed by atoms with Crippen LogP contribution in [-0.4, -0.2) is 30.0 Å². The Balaban J connectivity index is 1.60. The minimum absolute atomic E-state index is 0.547. The maximum absolute atomic E-state index is 5.35. The summed E-state index contributed by atoms with van der Waals surface area (Å²) < 4.78 is 10.5. The predicted molar refractivity (Wildman–Crippen MR) is 67.1 cm³/mol. The standard InChI is InChI=1S/C13H15N3O2/c1-3-12(14-7-10-5-6-17-8-10)4-2-11(1)13-16-15-9-18-13/h1-4,9-10,14H,5-8H2. The Morgan fingerprint density at radius 2 is 2.17 bits per heavy atom. The van der Waals surface area contributed by atoms with Gasteiger partial charge in [0.1, 0.15) is 0 Å². The number of rotatable bonds is 4. The Morgan fingerprint density at radius 3 is 2.83 bits per heavy atom. The van der Waals surface area contributed by atoms with Crippen molar-refractivity contribution in [1.82, 2.24) is 10.2 Å². The molecule has 18 heavy (non-hydrogen) atoms. The molecule has 2 heterocycles. The lowest BCUT2D eigenvalue weighted by Gasteiger charge is -2.10. The van der Waals surface area contributed by atoms with E-state index in [1.807, 2.05) is 24.3 Å². The van der Waals surface area contributed by atoms with Crippen LogP contribution in [0.3, 0.4) is 0 Å². The molecule has 1 unspecified atom stereocenters. The Morgan fingerprint density at radius 1 is 1.28 bits per heavy atom. The van der Waals surface area contributed by atoms with Crippen LogP contribution in [0.15, 0.2) is 35.1 Å². The average Bonchev–Trinajstić information content (AvgIpc) is 3.10. The van der Waals surface area contributed by atoms with Crippen molar-refractivity contribution in [2.45, 2.75) is 6.42 Å². The maximum Gasteiger partial charge on any atom is 0.247 e. The number of nitrogens with zero attached hydrogens (tertiary/aromatic N) is 2. The molecule has 1 fully saturated rings. The molecule has 94 valence electrons. The van der Waals surface area contributed by atoms with E-state index in [0.29, 0.717) is 11.8 Å². The fourth-order valence-corrected chi connectivity index (χ4v) is 2.04. The van der Waals surface area contributed by atoms with Gasteiger partial charge in [-0.05, 0) is 30.7 Å². The second kappa shape index (κ2) is 5.18. The number of nitrogens with one attached hydrogen (secondary N) is 1. The normalized spacial score (nSPS) is 19.0. The molecule has 0 bridgehead atoms. The quantitative estimate of drug-likeness (QED) is 0.894. The molecule has 0 saturated carbocycles. The lowest BCUT2D eigenvalue weighted by molar-refractivity contribution is 0.187. The maximum atomic E-state index is 5.35. The molecule has 1 aliphatic heterocycles. The van der Waals surface area contributed by atoms with Gasteiger partial charge in [-0.1, -0.05) is 0 Å². The van der Waals surface area contributed by atoms with E-state index in [4.69, 9.17) is 9.15 Å². The van der Waals surface area contributed by atoms with Crippen LogP contribution in [0.4, 0.5) is 5.69 Å². The van der Waals surface area contributed by atoms with E-state index in [0.717, 1.165) is 37.4 Å². The topological polar surface area (TPSA) is 60.2 Å². The Hall–Kier alpha value is -1.88. The molecule has 1 aliphatic rings. The average molecular weight is 245 g/mol. The zero-order chi connectivity index (χ0) is 12.2. The molecule has 1 aromatic carbocycles. The second-order valence-electron chi connectivity index (χ2n) is 4.43. The van der Waals surface area contributed by atoms with Gasteiger partial charge in [0.2, 0.25) is 12.3 Å². The minimum Gasteiger partial charge on any atom is -0.423 e. The summed E-state index contributed by atoms with van der Waals surface area (Å²) in [5.41, 5.74) is 2.03. The highest BCUT2D eigenvalue weighted by Crippen LogP contribution is 2.20. The molecular weight excluding hydrogens is 230 g/mol. The van der Waals surface area contributed by atoms with Crippen molar-refractivity contribution in [3.63, 3.8) is 0 Å². The van der Waals surface area contributed by atoms with Crippen molar-refractivity contribution in [2.24, 2.45) is 5.92 Å². The minimum atomic E-state index is 0.547. The van der Waals surface area contributed by atoms with Gasteiger partial charge in [-0.15, -0.1) is 10.2 Å². The van der Waals surface area contributed by atoms with Crippen molar-refractivity contribution >= 4 is 5.69 Å². The summed E-state index contributed by atoms with van der Waals surface area (Å²) >= 11 is 0. The molecule has 0 spiro atoms. The molecule has 2 aromatic rings. The third-order valence-electron chi connectivity index (χ3n) is 3.11. The predicted octanol–water partition coefficient (Wildman–Crippen LogP) is 2.18. The molecule has 1 saturated heterocycles. The number of benzene rings is 1. The first-order valence-corrected chi connectivity index (χ1v) is 6.10. The summed E-state index contributed by atoms with van der Waals surface area (Å²) in [6.07, 6.45) is 2.48. The van der Waals surface area contributed by atoms with Gasteiger partial charge in [0, 0.05) is 30.3 Å². The number of ether oxygens (including phenoxy) is 1. The van der Waals surface area contributed by atoms with E-state index >= 15 is 0 Å². The van der Waals surface area contributed by atoms with Crippen molar-refractivity contribution in [2.75, 3.05) is 25.1 Å². The third-order valence-corrected chi connectivity index (χ3v) is 3.11. The molecule has 1 N–H and O–H groups in total. The van der Waals surface area contributed by atoms with Crippen LogP contribution in [0, 0.1) is 5.92 Å². The van der Waals surface area contributed by atoms with E-state index in [1.165, 1.54) is 6.39 Å². The molecular formula is C13H15N3O2. The molecule has 0 radical (unpaired) electrons. The summed E-state index contributed by atoms with van der Waals surface area (Å²) in [7, 11) is 0. The summed E-state index contributed by atoms with van der Waals surface area (Å²) in [6, 6.07) is 7.99. The smallest absolute Gasteiger partial charge is 0.247 e. The number of aromatic nitrogens is 2. The van der Waals surface area contributed by atoms with Crippen LogP contribution in [0.5, 0.6) is 0 Å². The highest BCUT2D eigenvalue weighted by molar-refractivity contribution is 5.58. The Bertz CT molecular complexity index is 475. The first-order chi connectivity index (χ1) is 8.92. The van der Waals surface area contributed by atoms with Gasteiger partial charge in [0.05, 0.1) is 6.61 Å². The fraction of sp³-hybridized carbons (Fsp3) is 0.385. The van der Waals surface area contributed by atoms with Crippen molar-refractivity contribution in [3.8, 4) is 11.5 Å². The third kappa shape index (κ3) is 2.51.